The first-order valence-electron chi connectivity index (χ1n) is 7.38. The summed E-state index contributed by atoms with van der Waals surface area (Å²) in [5.41, 5.74) is 8.27. The van der Waals surface area contributed by atoms with Crippen molar-refractivity contribution in [3.8, 4) is 0 Å². The highest BCUT2D eigenvalue weighted by Crippen LogP contribution is 2.29. The lowest BCUT2D eigenvalue weighted by atomic mass is 9.97. The fraction of sp³-hybridized carbons (Fsp3) is 0.562. The summed E-state index contributed by atoms with van der Waals surface area (Å²) in [6.07, 6.45) is 2.28. The van der Waals surface area contributed by atoms with Gasteiger partial charge in [0.15, 0.2) is 0 Å². The van der Waals surface area contributed by atoms with Crippen LogP contribution < -0.4 is 10.6 Å². The Morgan fingerprint density at radius 1 is 1.48 bits per heavy atom. The lowest BCUT2D eigenvalue weighted by Crippen LogP contribution is -2.38. The molecule has 1 amide bonds. The van der Waals surface area contributed by atoms with Crippen molar-refractivity contribution in [1.29, 1.82) is 0 Å². The largest absolute Gasteiger partial charge is 0.399 e. The van der Waals surface area contributed by atoms with E-state index in [2.05, 4.69) is 4.90 Å². The third-order valence-corrected chi connectivity index (χ3v) is 3.92. The third kappa shape index (κ3) is 3.67. The van der Waals surface area contributed by atoms with E-state index in [-0.39, 0.29) is 5.91 Å². The highest BCUT2D eigenvalue weighted by atomic mass is 16.5. The number of methoxy groups -OCH3 is 1. The van der Waals surface area contributed by atoms with Gasteiger partial charge < -0.3 is 20.3 Å². The van der Waals surface area contributed by atoms with E-state index in [1.165, 1.54) is 6.42 Å². The van der Waals surface area contributed by atoms with Gasteiger partial charge in [0.1, 0.15) is 0 Å². The molecule has 0 bridgehead atoms. The Balaban J connectivity index is 2.29. The summed E-state index contributed by atoms with van der Waals surface area (Å²) in [6.45, 7) is 2.62. The number of ether oxygens (including phenoxy) is 1. The number of benzene rings is 1. The number of nitrogen functional groups attached to an aromatic ring is 1. The average Bonchev–Trinajstić information content (AvgIpc) is 2.47. The second kappa shape index (κ2) is 6.80. The van der Waals surface area contributed by atoms with Crippen LogP contribution >= 0.6 is 0 Å². The number of rotatable bonds is 4. The second-order valence-corrected chi connectivity index (χ2v) is 5.89. The summed E-state index contributed by atoms with van der Waals surface area (Å²) in [7, 11) is 5.28. The van der Waals surface area contributed by atoms with Crippen LogP contribution in [0.3, 0.4) is 0 Å². The van der Waals surface area contributed by atoms with E-state index in [9.17, 15) is 4.79 Å². The summed E-state index contributed by atoms with van der Waals surface area (Å²) < 4.78 is 5.28. The Labute approximate surface area is 126 Å². The smallest absolute Gasteiger partial charge is 0.255 e. The molecule has 2 rings (SSSR count). The number of carbonyl (C=O) groups excluding carboxylic acids is 1. The van der Waals surface area contributed by atoms with Crippen molar-refractivity contribution < 1.29 is 9.53 Å². The maximum atomic E-state index is 12.4. The van der Waals surface area contributed by atoms with Gasteiger partial charge in [-0.1, -0.05) is 0 Å². The number of carbonyl (C=O) groups is 1. The summed E-state index contributed by atoms with van der Waals surface area (Å²) in [4.78, 5) is 16.2. The first-order valence-corrected chi connectivity index (χ1v) is 7.38. The maximum absolute atomic E-state index is 12.4. The second-order valence-electron chi connectivity index (χ2n) is 5.89. The maximum Gasteiger partial charge on any atom is 0.255 e. The van der Waals surface area contributed by atoms with Gasteiger partial charge in [0.2, 0.25) is 0 Å². The number of piperidine rings is 1. The number of hydrogen-bond donors (Lipinski definition) is 1. The van der Waals surface area contributed by atoms with Crippen LogP contribution in [0.1, 0.15) is 23.2 Å². The topological polar surface area (TPSA) is 58.8 Å². The van der Waals surface area contributed by atoms with Crippen molar-refractivity contribution in [2.45, 2.75) is 12.8 Å². The van der Waals surface area contributed by atoms with E-state index in [0.717, 1.165) is 31.8 Å². The molecule has 1 saturated heterocycles. The number of anilines is 2. The molecule has 1 fully saturated rings. The van der Waals surface area contributed by atoms with Crippen LogP contribution in [0.25, 0.3) is 0 Å². The molecule has 0 saturated carbocycles. The minimum atomic E-state index is 0.0128. The fourth-order valence-corrected chi connectivity index (χ4v) is 2.89. The van der Waals surface area contributed by atoms with Crippen LogP contribution in [-0.2, 0) is 4.74 Å². The van der Waals surface area contributed by atoms with Crippen molar-refractivity contribution in [1.82, 2.24) is 4.90 Å². The van der Waals surface area contributed by atoms with Crippen molar-refractivity contribution in [3.05, 3.63) is 23.8 Å². The standard InChI is InChI=1S/C16H25N3O2/c1-18(2)16(20)14-7-6-13(17)9-15(14)19-8-4-5-12(10-19)11-21-3/h6-7,9,12H,4-5,8,10-11,17H2,1-3H3. The lowest BCUT2D eigenvalue weighted by Gasteiger charge is -2.35. The minimum absolute atomic E-state index is 0.0128. The van der Waals surface area contributed by atoms with Crippen LogP contribution in [0.15, 0.2) is 18.2 Å². The molecule has 0 aromatic heterocycles. The predicted molar refractivity (Wildman–Crippen MR) is 85.7 cm³/mol. The first kappa shape index (κ1) is 15.6. The van der Waals surface area contributed by atoms with E-state index >= 15 is 0 Å². The zero-order valence-corrected chi connectivity index (χ0v) is 13.1. The van der Waals surface area contributed by atoms with Gasteiger partial charge in [-0.15, -0.1) is 0 Å². The van der Waals surface area contributed by atoms with Crippen LogP contribution in [-0.4, -0.2) is 51.7 Å². The van der Waals surface area contributed by atoms with Crippen LogP contribution in [0.2, 0.25) is 0 Å². The van der Waals surface area contributed by atoms with Gasteiger partial charge in [0, 0.05) is 40.0 Å². The first-order chi connectivity index (χ1) is 10.0. The molecule has 0 radical (unpaired) electrons. The number of nitrogens with two attached hydrogens (primary N) is 1. The molecule has 0 aliphatic carbocycles. The zero-order valence-electron chi connectivity index (χ0n) is 13.1. The average molecular weight is 291 g/mol. The van der Waals surface area contributed by atoms with Gasteiger partial charge in [-0.25, -0.2) is 0 Å². The molecular weight excluding hydrogens is 266 g/mol. The molecule has 116 valence electrons. The monoisotopic (exact) mass is 291 g/mol. The summed E-state index contributed by atoms with van der Waals surface area (Å²) in [6, 6.07) is 5.52. The lowest BCUT2D eigenvalue weighted by molar-refractivity contribution is 0.0828. The van der Waals surface area contributed by atoms with Gasteiger partial charge in [0.25, 0.3) is 5.91 Å². The van der Waals surface area contributed by atoms with Gasteiger partial charge in [0.05, 0.1) is 17.9 Å². The molecule has 1 unspecified atom stereocenters. The van der Waals surface area contributed by atoms with E-state index in [0.29, 0.717) is 17.2 Å². The normalized spacial score (nSPS) is 18.6. The minimum Gasteiger partial charge on any atom is -0.399 e. The fourth-order valence-electron chi connectivity index (χ4n) is 2.89. The highest BCUT2D eigenvalue weighted by molar-refractivity contribution is 6.00. The van der Waals surface area contributed by atoms with Gasteiger partial charge >= 0.3 is 0 Å². The van der Waals surface area contributed by atoms with Crippen molar-refractivity contribution in [2.24, 2.45) is 5.92 Å². The molecule has 1 aliphatic heterocycles. The van der Waals surface area contributed by atoms with Crippen LogP contribution in [0, 0.1) is 5.92 Å². The summed E-state index contributed by atoms with van der Waals surface area (Å²) >= 11 is 0. The van der Waals surface area contributed by atoms with Gasteiger partial charge in [-0.3, -0.25) is 4.79 Å². The Bertz CT molecular complexity index is 500. The molecule has 21 heavy (non-hydrogen) atoms. The zero-order chi connectivity index (χ0) is 15.4. The Kier molecular flexibility index (Phi) is 5.07. The summed E-state index contributed by atoms with van der Waals surface area (Å²) in [5.74, 6) is 0.520. The number of hydrogen-bond acceptors (Lipinski definition) is 4. The van der Waals surface area contributed by atoms with E-state index < -0.39 is 0 Å². The van der Waals surface area contributed by atoms with Crippen molar-refractivity contribution >= 4 is 17.3 Å². The molecule has 0 spiro atoms. The number of amides is 1. The van der Waals surface area contributed by atoms with Crippen LogP contribution in [0.4, 0.5) is 11.4 Å². The molecule has 1 aromatic carbocycles. The van der Waals surface area contributed by atoms with Gasteiger partial charge in [-0.2, -0.15) is 0 Å². The Morgan fingerprint density at radius 3 is 2.90 bits per heavy atom. The predicted octanol–water partition coefficient (Wildman–Crippen LogP) is 1.83. The van der Waals surface area contributed by atoms with Gasteiger partial charge in [-0.05, 0) is 37.0 Å². The quantitative estimate of drug-likeness (QED) is 0.860. The van der Waals surface area contributed by atoms with E-state index in [1.807, 2.05) is 12.1 Å². The molecular formula is C16H25N3O2. The summed E-state index contributed by atoms with van der Waals surface area (Å²) in [5, 5.41) is 0. The Morgan fingerprint density at radius 2 is 2.24 bits per heavy atom. The SMILES string of the molecule is COCC1CCCN(c2cc(N)ccc2C(=O)N(C)C)C1. The highest BCUT2D eigenvalue weighted by Gasteiger charge is 2.24. The molecule has 2 N–H and O–H groups in total. The molecule has 5 heteroatoms. The van der Waals surface area contributed by atoms with E-state index in [1.54, 1.807) is 32.2 Å². The molecule has 1 heterocycles. The van der Waals surface area contributed by atoms with E-state index in [4.69, 9.17) is 10.5 Å². The number of nitrogens with zero attached hydrogens (tertiary/aromatic N) is 2. The third-order valence-electron chi connectivity index (χ3n) is 3.92. The molecule has 1 aromatic rings. The molecule has 5 nitrogen and oxygen atoms in total. The molecule has 1 atom stereocenters. The Hall–Kier alpha value is -1.75. The van der Waals surface area contributed by atoms with Crippen molar-refractivity contribution in [2.75, 3.05) is 51.5 Å². The van der Waals surface area contributed by atoms with Crippen molar-refractivity contribution in [3.63, 3.8) is 0 Å². The molecule has 1 aliphatic rings. The van der Waals surface area contributed by atoms with Crippen LogP contribution in [0.5, 0.6) is 0 Å².